The van der Waals surface area contributed by atoms with E-state index in [9.17, 15) is 14.4 Å². The Labute approximate surface area is 117 Å². The lowest BCUT2D eigenvalue weighted by Crippen LogP contribution is -2.45. The SMILES string of the molecule is CC1(C(=O)O)CCN(C(=O)NCC(=O)N2CCCC2)C1. The molecule has 112 valence electrons. The third kappa shape index (κ3) is 3.02. The highest BCUT2D eigenvalue weighted by atomic mass is 16.4. The van der Waals surface area contributed by atoms with E-state index in [4.69, 9.17) is 5.11 Å². The predicted molar refractivity (Wildman–Crippen MR) is 71.1 cm³/mol. The summed E-state index contributed by atoms with van der Waals surface area (Å²) in [6, 6.07) is -0.359. The van der Waals surface area contributed by atoms with Crippen LogP contribution in [0.15, 0.2) is 0 Å². The number of rotatable bonds is 3. The van der Waals surface area contributed by atoms with Gasteiger partial charge in [-0.2, -0.15) is 0 Å². The van der Waals surface area contributed by atoms with Crippen LogP contribution in [0, 0.1) is 5.41 Å². The number of urea groups is 1. The van der Waals surface area contributed by atoms with Crippen LogP contribution in [0.2, 0.25) is 0 Å². The van der Waals surface area contributed by atoms with E-state index in [1.165, 1.54) is 4.90 Å². The van der Waals surface area contributed by atoms with E-state index >= 15 is 0 Å². The first-order valence-electron chi connectivity index (χ1n) is 6.96. The molecule has 2 heterocycles. The summed E-state index contributed by atoms with van der Waals surface area (Å²) in [4.78, 5) is 38.0. The minimum atomic E-state index is -0.888. The van der Waals surface area contributed by atoms with Crippen molar-refractivity contribution in [2.24, 2.45) is 5.41 Å². The number of amides is 3. The first-order chi connectivity index (χ1) is 9.42. The summed E-state index contributed by atoms with van der Waals surface area (Å²) in [6.45, 7) is 3.74. The van der Waals surface area contributed by atoms with Crippen LogP contribution in [0.4, 0.5) is 4.79 Å². The van der Waals surface area contributed by atoms with Gasteiger partial charge in [-0.05, 0) is 26.2 Å². The summed E-state index contributed by atoms with van der Waals surface area (Å²) in [7, 11) is 0. The van der Waals surface area contributed by atoms with Crippen molar-refractivity contribution in [2.75, 3.05) is 32.7 Å². The van der Waals surface area contributed by atoms with Crippen molar-refractivity contribution in [1.82, 2.24) is 15.1 Å². The smallest absolute Gasteiger partial charge is 0.317 e. The monoisotopic (exact) mass is 283 g/mol. The third-order valence-electron chi connectivity index (χ3n) is 4.13. The van der Waals surface area contributed by atoms with Crippen LogP contribution in [0.25, 0.3) is 0 Å². The largest absolute Gasteiger partial charge is 0.481 e. The number of likely N-dealkylation sites (tertiary alicyclic amines) is 2. The molecule has 3 amide bonds. The average molecular weight is 283 g/mol. The van der Waals surface area contributed by atoms with Crippen molar-refractivity contribution in [3.05, 3.63) is 0 Å². The first kappa shape index (κ1) is 14.6. The quantitative estimate of drug-likeness (QED) is 0.769. The number of hydrogen-bond donors (Lipinski definition) is 2. The van der Waals surface area contributed by atoms with Gasteiger partial charge in [-0.15, -0.1) is 0 Å². The van der Waals surface area contributed by atoms with Crippen molar-refractivity contribution in [3.63, 3.8) is 0 Å². The van der Waals surface area contributed by atoms with Crippen molar-refractivity contribution in [3.8, 4) is 0 Å². The third-order valence-corrected chi connectivity index (χ3v) is 4.13. The van der Waals surface area contributed by atoms with Gasteiger partial charge in [0.2, 0.25) is 5.91 Å². The number of nitrogens with one attached hydrogen (secondary N) is 1. The van der Waals surface area contributed by atoms with Gasteiger partial charge in [-0.1, -0.05) is 0 Å². The molecule has 0 bridgehead atoms. The fraction of sp³-hybridized carbons (Fsp3) is 0.769. The van der Waals surface area contributed by atoms with Gasteiger partial charge < -0.3 is 20.2 Å². The molecule has 2 saturated heterocycles. The van der Waals surface area contributed by atoms with E-state index in [-0.39, 0.29) is 25.0 Å². The lowest BCUT2D eigenvalue weighted by atomic mass is 9.90. The van der Waals surface area contributed by atoms with Crippen LogP contribution < -0.4 is 5.32 Å². The summed E-state index contributed by atoms with van der Waals surface area (Å²) >= 11 is 0. The molecule has 2 aliphatic heterocycles. The molecule has 0 aromatic rings. The summed E-state index contributed by atoms with van der Waals surface area (Å²) in [6.07, 6.45) is 2.47. The molecule has 0 aromatic heterocycles. The topological polar surface area (TPSA) is 90.0 Å². The Morgan fingerprint density at radius 3 is 2.35 bits per heavy atom. The Hall–Kier alpha value is -1.79. The van der Waals surface area contributed by atoms with E-state index in [0.717, 1.165) is 25.9 Å². The molecule has 20 heavy (non-hydrogen) atoms. The van der Waals surface area contributed by atoms with E-state index in [2.05, 4.69) is 5.32 Å². The number of carbonyl (C=O) groups is 3. The molecule has 2 N–H and O–H groups in total. The Morgan fingerprint density at radius 1 is 1.15 bits per heavy atom. The van der Waals surface area contributed by atoms with Gasteiger partial charge in [0.1, 0.15) is 0 Å². The molecule has 2 rings (SSSR count). The number of carboxylic acids is 1. The summed E-state index contributed by atoms with van der Waals surface area (Å²) < 4.78 is 0. The zero-order valence-corrected chi connectivity index (χ0v) is 11.7. The molecular weight excluding hydrogens is 262 g/mol. The summed E-state index contributed by atoms with van der Waals surface area (Å²) in [5.41, 5.74) is -0.879. The maximum atomic E-state index is 11.9. The average Bonchev–Trinajstić information content (AvgIpc) is 3.05. The zero-order chi connectivity index (χ0) is 14.8. The number of hydrogen-bond acceptors (Lipinski definition) is 3. The minimum absolute atomic E-state index is 0.0148. The van der Waals surface area contributed by atoms with Crippen molar-refractivity contribution < 1.29 is 19.5 Å². The number of aliphatic carboxylic acids is 1. The van der Waals surface area contributed by atoms with Crippen LogP contribution in [-0.4, -0.2) is 65.5 Å². The van der Waals surface area contributed by atoms with Gasteiger partial charge in [0.15, 0.2) is 0 Å². The van der Waals surface area contributed by atoms with Crippen LogP contribution in [0.5, 0.6) is 0 Å². The molecule has 0 aromatic carbocycles. The molecule has 0 aliphatic carbocycles. The molecular formula is C13H21N3O4. The van der Waals surface area contributed by atoms with Crippen molar-refractivity contribution in [1.29, 1.82) is 0 Å². The molecule has 2 fully saturated rings. The lowest BCUT2D eigenvalue weighted by molar-refractivity contribution is -0.147. The Balaban J connectivity index is 1.78. The molecule has 0 spiro atoms. The maximum absolute atomic E-state index is 11.9. The minimum Gasteiger partial charge on any atom is -0.481 e. The van der Waals surface area contributed by atoms with Gasteiger partial charge in [0.05, 0.1) is 12.0 Å². The molecule has 7 heteroatoms. The highest BCUT2D eigenvalue weighted by Crippen LogP contribution is 2.29. The fourth-order valence-electron chi connectivity index (χ4n) is 2.65. The second kappa shape index (κ2) is 5.68. The molecule has 0 saturated carbocycles. The Kier molecular flexibility index (Phi) is 4.15. The molecule has 1 unspecified atom stereocenters. The van der Waals surface area contributed by atoms with Gasteiger partial charge >= 0.3 is 12.0 Å². The Bertz CT molecular complexity index is 420. The van der Waals surface area contributed by atoms with E-state index in [0.29, 0.717) is 13.0 Å². The highest BCUT2D eigenvalue weighted by Gasteiger charge is 2.42. The van der Waals surface area contributed by atoms with E-state index in [1.54, 1.807) is 11.8 Å². The summed E-state index contributed by atoms with van der Waals surface area (Å²) in [5, 5.41) is 11.7. The molecule has 2 aliphatic rings. The van der Waals surface area contributed by atoms with Crippen LogP contribution in [0.3, 0.4) is 0 Å². The number of carboxylic acid groups (broad SMARTS) is 1. The zero-order valence-electron chi connectivity index (χ0n) is 11.7. The lowest BCUT2D eigenvalue weighted by Gasteiger charge is -2.21. The first-order valence-corrected chi connectivity index (χ1v) is 6.96. The molecule has 0 radical (unpaired) electrons. The standard InChI is InChI=1S/C13H21N3O4/c1-13(11(18)19)4-7-16(9-13)12(20)14-8-10(17)15-5-2-3-6-15/h2-9H2,1H3,(H,14,20)(H,18,19). The second-order valence-electron chi connectivity index (χ2n) is 5.78. The Morgan fingerprint density at radius 2 is 1.80 bits per heavy atom. The second-order valence-corrected chi connectivity index (χ2v) is 5.78. The van der Waals surface area contributed by atoms with Crippen LogP contribution >= 0.6 is 0 Å². The van der Waals surface area contributed by atoms with Gasteiger partial charge in [0.25, 0.3) is 0 Å². The number of carbonyl (C=O) groups excluding carboxylic acids is 2. The fourth-order valence-corrected chi connectivity index (χ4v) is 2.65. The van der Waals surface area contributed by atoms with E-state index in [1.807, 2.05) is 0 Å². The van der Waals surface area contributed by atoms with Crippen LogP contribution in [0.1, 0.15) is 26.2 Å². The van der Waals surface area contributed by atoms with Gasteiger partial charge in [-0.25, -0.2) is 4.79 Å². The molecule has 7 nitrogen and oxygen atoms in total. The predicted octanol–water partition coefficient (Wildman–Crippen LogP) is 0.115. The van der Waals surface area contributed by atoms with Gasteiger partial charge in [-0.3, -0.25) is 9.59 Å². The normalized spacial score (nSPS) is 25.9. The molecule has 1 atom stereocenters. The van der Waals surface area contributed by atoms with Crippen molar-refractivity contribution in [2.45, 2.75) is 26.2 Å². The van der Waals surface area contributed by atoms with E-state index < -0.39 is 11.4 Å². The van der Waals surface area contributed by atoms with Crippen molar-refractivity contribution >= 4 is 17.9 Å². The maximum Gasteiger partial charge on any atom is 0.317 e. The summed E-state index contributed by atoms with van der Waals surface area (Å²) in [5.74, 6) is -0.961. The van der Waals surface area contributed by atoms with Crippen LogP contribution in [-0.2, 0) is 9.59 Å². The highest BCUT2D eigenvalue weighted by molar-refractivity contribution is 5.85. The number of nitrogens with zero attached hydrogens (tertiary/aromatic N) is 2. The van der Waals surface area contributed by atoms with Gasteiger partial charge in [0, 0.05) is 26.2 Å².